The predicted molar refractivity (Wildman–Crippen MR) is 62.7 cm³/mol. The third-order valence-corrected chi connectivity index (χ3v) is 2.83. The van der Waals surface area contributed by atoms with Crippen LogP contribution in [0.1, 0.15) is 12.8 Å². The van der Waals surface area contributed by atoms with Crippen molar-refractivity contribution in [2.75, 3.05) is 11.4 Å². The van der Waals surface area contributed by atoms with Crippen molar-refractivity contribution in [3.05, 3.63) is 34.4 Å². The topological polar surface area (TPSA) is 89.5 Å². The maximum Gasteiger partial charge on any atom is 0.271 e. The maximum atomic E-state index is 11.8. The van der Waals surface area contributed by atoms with Crippen LogP contribution in [0.25, 0.3) is 0 Å². The van der Waals surface area contributed by atoms with Crippen molar-refractivity contribution in [1.29, 1.82) is 0 Å². The van der Waals surface area contributed by atoms with Crippen LogP contribution in [0.5, 0.6) is 0 Å². The number of hydrogen-bond acceptors (Lipinski definition) is 4. The number of carbonyl (C=O) groups excluding carboxylic acids is 1. The lowest BCUT2D eigenvalue weighted by atomic mass is 10.0. The van der Waals surface area contributed by atoms with Gasteiger partial charge in [0.15, 0.2) is 0 Å². The van der Waals surface area contributed by atoms with Crippen LogP contribution in [0, 0.1) is 10.1 Å². The molecule has 2 N–H and O–H groups in total. The molecule has 0 saturated carbocycles. The monoisotopic (exact) mass is 235 g/mol. The molecule has 0 bridgehead atoms. The molecule has 1 atom stereocenters. The molecular weight excluding hydrogens is 222 g/mol. The van der Waals surface area contributed by atoms with Crippen molar-refractivity contribution in [1.82, 2.24) is 0 Å². The zero-order valence-electron chi connectivity index (χ0n) is 9.20. The molecule has 6 nitrogen and oxygen atoms in total. The van der Waals surface area contributed by atoms with E-state index in [1.165, 1.54) is 17.0 Å². The molecule has 1 amide bonds. The highest BCUT2D eigenvalue weighted by Gasteiger charge is 2.27. The van der Waals surface area contributed by atoms with Crippen LogP contribution in [0.15, 0.2) is 24.3 Å². The second-order valence-corrected chi connectivity index (χ2v) is 4.02. The van der Waals surface area contributed by atoms with E-state index in [0.29, 0.717) is 18.7 Å². The number of anilines is 1. The van der Waals surface area contributed by atoms with Gasteiger partial charge in [0.25, 0.3) is 5.69 Å². The number of amides is 1. The van der Waals surface area contributed by atoms with Crippen LogP contribution < -0.4 is 10.6 Å². The zero-order chi connectivity index (χ0) is 12.4. The normalized spacial score (nSPS) is 20.4. The molecule has 90 valence electrons. The fourth-order valence-corrected chi connectivity index (χ4v) is 1.93. The summed E-state index contributed by atoms with van der Waals surface area (Å²) in [6.45, 7) is 0.563. The van der Waals surface area contributed by atoms with Gasteiger partial charge in [-0.05, 0) is 18.9 Å². The Kier molecular flexibility index (Phi) is 3.06. The summed E-state index contributed by atoms with van der Waals surface area (Å²) < 4.78 is 0. The molecular formula is C11H13N3O3. The number of nitro groups is 1. The van der Waals surface area contributed by atoms with Gasteiger partial charge >= 0.3 is 0 Å². The van der Waals surface area contributed by atoms with Crippen LogP contribution in [0.2, 0.25) is 0 Å². The van der Waals surface area contributed by atoms with Gasteiger partial charge in [-0.1, -0.05) is 6.07 Å². The van der Waals surface area contributed by atoms with Crippen molar-refractivity contribution < 1.29 is 9.72 Å². The summed E-state index contributed by atoms with van der Waals surface area (Å²) in [7, 11) is 0. The quantitative estimate of drug-likeness (QED) is 0.612. The highest BCUT2D eigenvalue weighted by Crippen LogP contribution is 2.24. The molecule has 1 aromatic rings. The summed E-state index contributed by atoms with van der Waals surface area (Å²) in [6.07, 6.45) is 1.49. The van der Waals surface area contributed by atoms with Gasteiger partial charge in [-0.2, -0.15) is 0 Å². The number of benzene rings is 1. The number of hydrogen-bond donors (Lipinski definition) is 1. The Morgan fingerprint density at radius 3 is 2.94 bits per heavy atom. The molecule has 0 spiro atoms. The Balaban J connectivity index is 2.30. The van der Waals surface area contributed by atoms with Gasteiger partial charge < -0.3 is 10.6 Å². The van der Waals surface area contributed by atoms with E-state index in [1.54, 1.807) is 12.1 Å². The Morgan fingerprint density at radius 1 is 1.47 bits per heavy atom. The first-order valence-corrected chi connectivity index (χ1v) is 5.41. The first kappa shape index (κ1) is 11.5. The SMILES string of the molecule is NC1CCCN(c2cccc([N+](=O)[O-])c2)C1=O. The van der Waals surface area contributed by atoms with Crippen molar-refractivity contribution in [3.63, 3.8) is 0 Å². The standard InChI is InChI=1S/C11H13N3O3/c12-10-5-2-6-13(11(10)15)8-3-1-4-9(7-8)14(16)17/h1,3-4,7,10H,2,5-6,12H2. The lowest BCUT2D eigenvalue weighted by molar-refractivity contribution is -0.384. The minimum absolute atomic E-state index is 0.0190. The number of piperidine rings is 1. The van der Waals surface area contributed by atoms with E-state index >= 15 is 0 Å². The summed E-state index contributed by atoms with van der Waals surface area (Å²) in [6, 6.07) is 5.56. The minimum atomic E-state index is -0.497. The van der Waals surface area contributed by atoms with E-state index < -0.39 is 11.0 Å². The summed E-state index contributed by atoms with van der Waals surface area (Å²) in [5, 5.41) is 10.7. The average Bonchev–Trinajstić information content (AvgIpc) is 2.33. The zero-order valence-corrected chi connectivity index (χ0v) is 9.20. The van der Waals surface area contributed by atoms with Crippen LogP contribution in [0.4, 0.5) is 11.4 Å². The Labute approximate surface area is 98.2 Å². The number of carbonyl (C=O) groups is 1. The molecule has 1 unspecified atom stereocenters. The van der Waals surface area contributed by atoms with Gasteiger partial charge in [0, 0.05) is 18.7 Å². The molecule has 1 saturated heterocycles. The molecule has 17 heavy (non-hydrogen) atoms. The van der Waals surface area contributed by atoms with Gasteiger partial charge in [0.2, 0.25) is 5.91 Å². The molecule has 0 aliphatic carbocycles. The fourth-order valence-electron chi connectivity index (χ4n) is 1.93. The number of nitro benzene ring substituents is 1. The van der Waals surface area contributed by atoms with E-state index in [-0.39, 0.29) is 11.6 Å². The second-order valence-electron chi connectivity index (χ2n) is 4.02. The van der Waals surface area contributed by atoms with E-state index in [4.69, 9.17) is 5.73 Å². The van der Waals surface area contributed by atoms with Crippen LogP contribution in [0.3, 0.4) is 0 Å². The molecule has 6 heteroatoms. The van der Waals surface area contributed by atoms with Crippen LogP contribution in [-0.2, 0) is 4.79 Å². The smallest absolute Gasteiger partial charge is 0.271 e. The van der Waals surface area contributed by atoms with Gasteiger partial charge in [-0.3, -0.25) is 14.9 Å². The first-order valence-electron chi connectivity index (χ1n) is 5.41. The average molecular weight is 235 g/mol. The molecule has 1 heterocycles. The minimum Gasteiger partial charge on any atom is -0.320 e. The highest BCUT2D eigenvalue weighted by molar-refractivity contribution is 5.97. The molecule has 0 radical (unpaired) electrons. The van der Waals surface area contributed by atoms with E-state index in [2.05, 4.69) is 0 Å². The van der Waals surface area contributed by atoms with Gasteiger partial charge in [-0.15, -0.1) is 0 Å². The molecule has 1 aliphatic heterocycles. The van der Waals surface area contributed by atoms with Gasteiger partial charge in [0.05, 0.1) is 16.7 Å². The summed E-state index contributed by atoms with van der Waals surface area (Å²) in [5.41, 5.74) is 6.20. The summed E-state index contributed by atoms with van der Waals surface area (Å²) in [5.74, 6) is -0.170. The largest absolute Gasteiger partial charge is 0.320 e. The van der Waals surface area contributed by atoms with Crippen LogP contribution >= 0.6 is 0 Å². The highest BCUT2D eigenvalue weighted by atomic mass is 16.6. The number of nitrogens with two attached hydrogens (primary N) is 1. The van der Waals surface area contributed by atoms with Crippen molar-refractivity contribution in [3.8, 4) is 0 Å². The molecule has 1 aliphatic rings. The lowest BCUT2D eigenvalue weighted by Gasteiger charge is -2.30. The lowest BCUT2D eigenvalue weighted by Crippen LogP contribution is -2.48. The van der Waals surface area contributed by atoms with E-state index in [1.807, 2.05) is 0 Å². The third-order valence-electron chi connectivity index (χ3n) is 2.83. The summed E-state index contributed by atoms with van der Waals surface area (Å²) in [4.78, 5) is 23.5. The Hall–Kier alpha value is -1.95. The first-order chi connectivity index (χ1) is 8.09. The Bertz CT molecular complexity index is 461. The predicted octanol–water partition coefficient (Wildman–Crippen LogP) is 1.05. The number of non-ortho nitro benzene ring substituents is 1. The molecule has 2 rings (SSSR count). The maximum absolute atomic E-state index is 11.8. The van der Waals surface area contributed by atoms with E-state index in [0.717, 1.165) is 6.42 Å². The number of rotatable bonds is 2. The molecule has 1 aromatic carbocycles. The summed E-state index contributed by atoms with van der Waals surface area (Å²) >= 11 is 0. The van der Waals surface area contributed by atoms with Crippen molar-refractivity contribution in [2.24, 2.45) is 5.73 Å². The van der Waals surface area contributed by atoms with Crippen molar-refractivity contribution in [2.45, 2.75) is 18.9 Å². The fraction of sp³-hybridized carbons (Fsp3) is 0.364. The third kappa shape index (κ3) is 2.26. The van der Waals surface area contributed by atoms with Gasteiger partial charge in [-0.25, -0.2) is 0 Å². The Morgan fingerprint density at radius 2 is 2.24 bits per heavy atom. The van der Waals surface area contributed by atoms with Crippen molar-refractivity contribution >= 4 is 17.3 Å². The second kappa shape index (κ2) is 4.50. The van der Waals surface area contributed by atoms with E-state index in [9.17, 15) is 14.9 Å². The number of nitrogens with zero attached hydrogens (tertiary/aromatic N) is 2. The van der Waals surface area contributed by atoms with Crippen LogP contribution in [-0.4, -0.2) is 23.4 Å². The molecule has 1 fully saturated rings. The van der Waals surface area contributed by atoms with Gasteiger partial charge in [0.1, 0.15) is 0 Å². The molecule has 0 aromatic heterocycles.